The van der Waals surface area contributed by atoms with Crippen molar-refractivity contribution in [2.45, 2.75) is 70.9 Å². The van der Waals surface area contributed by atoms with Gasteiger partial charge in [-0.1, -0.05) is 39.5 Å². The maximum Gasteiger partial charge on any atom is 0.113 e. The lowest BCUT2D eigenvalue weighted by Crippen LogP contribution is -2.39. The minimum Gasteiger partial charge on any atom is -0.376 e. The van der Waals surface area contributed by atoms with Gasteiger partial charge in [-0.05, 0) is 25.7 Å². The molecule has 0 aliphatic carbocycles. The van der Waals surface area contributed by atoms with Crippen LogP contribution >= 0.6 is 0 Å². The second-order valence-electron chi connectivity index (χ2n) is 4.02. The van der Waals surface area contributed by atoms with E-state index in [9.17, 15) is 5.11 Å². The summed E-state index contributed by atoms with van der Waals surface area (Å²) in [5.74, 6) is 0. The van der Waals surface area contributed by atoms with Gasteiger partial charge in [-0.25, -0.2) is 0 Å². The predicted molar refractivity (Wildman–Crippen MR) is 57.4 cm³/mol. The van der Waals surface area contributed by atoms with E-state index in [0.29, 0.717) is 0 Å². The molecule has 0 rings (SSSR count). The third-order valence-corrected chi connectivity index (χ3v) is 2.43. The molecule has 0 aromatic heterocycles. The lowest BCUT2D eigenvalue weighted by molar-refractivity contribution is 0.0243. The summed E-state index contributed by atoms with van der Waals surface area (Å²) in [4.78, 5) is 0. The van der Waals surface area contributed by atoms with E-state index >= 15 is 0 Å². The van der Waals surface area contributed by atoms with Crippen LogP contribution in [0.5, 0.6) is 0 Å². The molecular formula is C11H25NO. The van der Waals surface area contributed by atoms with Gasteiger partial charge in [0, 0.05) is 0 Å². The number of hydrogen-bond donors (Lipinski definition) is 2. The van der Waals surface area contributed by atoms with Crippen molar-refractivity contribution in [1.29, 1.82) is 0 Å². The van der Waals surface area contributed by atoms with Crippen LogP contribution in [0, 0.1) is 0 Å². The van der Waals surface area contributed by atoms with Crippen LogP contribution in [0.3, 0.4) is 0 Å². The highest BCUT2D eigenvalue weighted by Crippen LogP contribution is 2.16. The number of rotatable bonds is 8. The summed E-state index contributed by atoms with van der Waals surface area (Å²) in [5.41, 5.74) is 4.86. The summed E-state index contributed by atoms with van der Waals surface area (Å²) < 4.78 is 0. The van der Waals surface area contributed by atoms with Gasteiger partial charge in [0.1, 0.15) is 5.72 Å². The van der Waals surface area contributed by atoms with Crippen molar-refractivity contribution < 1.29 is 5.11 Å². The Labute approximate surface area is 82.5 Å². The zero-order chi connectivity index (χ0) is 10.2. The molecule has 0 aromatic rings. The topological polar surface area (TPSA) is 46.2 Å². The Balaban J connectivity index is 3.42. The normalized spacial score (nSPS) is 12.0. The van der Waals surface area contributed by atoms with Crippen molar-refractivity contribution in [3.05, 3.63) is 0 Å². The highest BCUT2D eigenvalue weighted by Gasteiger charge is 2.18. The first-order valence-electron chi connectivity index (χ1n) is 5.63. The van der Waals surface area contributed by atoms with Crippen LogP contribution in [0.1, 0.15) is 65.2 Å². The molecule has 0 bridgehead atoms. The van der Waals surface area contributed by atoms with Crippen molar-refractivity contribution in [2.75, 3.05) is 0 Å². The van der Waals surface area contributed by atoms with Crippen LogP contribution in [-0.2, 0) is 0 Å². The summed E-state index contributed by atoms with van der Waals surface area (Å²) in [6.07, 6.45) is 8.33. The number of unbranched alkanes of at least 4 members (excludes halogenated alkanes) is 4. The first kappa shape index (κ1) is 12.9. The molecule has 0 saturated heterocycles. The van der Waals surface area contributed by atoms with Gasteiger partial charge in [0.05, 0.1) is 0 Å². The van der Waals surface area contributed by atoms with Crippen molar-refractivity contribution in [3.8, 4) is 0 Å². The Morgan fingerprint density at radius 3 is 1.62 bits per heavy atom. The maximum atomic E-state index is 9.75. The Morgan fingerprint density at radius 1 is 0.923 bits per heavy atom. The van der Waals surface area contributed by atoms with Crippen LogP contribution in [0.4, 0.5) is 0 Å². The standard InChI is InChI=1S/C11H25NO/c1-3-5-7-9-11(12,13)10-8-6-4-2/h13H,3-10,12H2,1-2H3. The molecule has 2 nitrogen and oxygen atoms in total. The molecule has 2 heteroatoms. The molecule has 13 heavy (non-hydrogen) atoms. The molecule has 0 radical (unpaired) electrons. The highest BCUT2D eigenvalue weighted by molar-refractivity contribution is 4.70. The lowest BCUT2D eigenvalue weighted by atomic mass is 9.99. The summed E-state index contributed by atoms with van der Waals surface area (Å²) in [6.45, 7) is 4.32. The minimum absolute atomic E-state index is 0.755. The smallest absolute Gasteiger partial charge is 0.113 e. The van der Waals surface area contributed by atoms with Crippen LogP contribution in [0.15, 0.2) is 0 Å². The molecule has 0 atom stereocenters. The highest BCUT2D eigenvalue weighted by atomic mass is 16.3. The second-order valence-corrected chi connectivity index (χ2v) is 4.02. The molecule has 0 unspecified atom stereocenters. The van der Waals surface area contributed by atoms with Crippen molar-refractivity contribution >= 4 is 0 Å². The van der Waals surface area contributed by atoms with E-state index in [2.05, 4.69) is 13.8 Å². The van der Waals surface area contributed by atoms with E-state index in [1.54, 1.807) is 0 Å². The van der Waals surface area contributed by atoms with Gasteiger partial charge in [-0.3, -0.25) is 0 Å². The Morgan fingerprint density at radius 2 is 1.31 bits per heavy atom. The van der Waals surface area contributed by atoms with Gasteiger partial charge in [-0.2, -0.15) is 0 Å². The first-order chi connectivity index (χ1) is 6.12. The van der Waals surface area contributed by atoms with Crippen LogP contribution in [0.2, 0.25) is 0 Å². The van der Waals surface area contributed by atoms with E-state index in [0.717, 1.165) is 25.7 Å². The summed E-state index contributed by atoms with van der Waals surface area (Å²) in [5, 5.41) is 9.75. The van der Waals surface area contributed by atoms with Crippen LogP contribution < -0.4 is 5.73 Å². The predicted octanol–water partition coefficient (Wildman–Crippen LogP) is 2.79. The quantitative estimate of drug-likeness (QED) is 0.453. The molecule has 0 amide bonds. The monoisotopic (exact) mass is 187 g/mol. The number of nitrogens with two attached hydrogens (primary N) is 1. The molecular weight excluding hydrogens is 162 g/mol. The number of aliphatic hydroxyl groups is 1. The largest absolute Gasteiger partial charge is 0.376 e. The zero-order valence-electron chi connectivity index (χ0n) is 9.18. The third kappa shape index (κ3) is 8.26. The van der Waals surface area contributed by atoms with Gasteiger partial charge in [0.15, 0.2) is 0 Å². The Kier molecular flexibility index (Phi) is 7.29. The average molecular weight is 187 g/mol. The SMILES string of the molecule is CCCCCC(N)(O)CCCCC. The number of hydrogen-bond acceptors (Lipinski definition) is 2. The minimum atomic E-state index is -0.898. The van der Waals surface area contributed by atoms with Crippen molar-refractivity contribution in [1.82, 2.24) is 0 Å². The Bertz CT molecular complexity index is 101. The van der Waals surface area contributed by atoms with Gasteiger partial charge in [0.2, 0.25) is 0 Å². The molecule has 0 aliphatic rings. The van der Waals surface area contributed by atoms with Gasteiger partial charge in [-0.15, -0.1) is 0 Å². The molecule has 0 fully saturated rings. The lowest BCUT2D eigenvalue weighted by Gasteiger charge is -2.22. The van der Waals surface area contributed by atoms with Gasteiger partial charge >= 0.3 is 0 Å². The molecule has 3 N–H and O–H groups in total. The second kappa shape index (κ2) is 7.34. The summed E-state index contributed by atoms with van der Waals surface area (Å²) in [6, 6.07) is 0. The van der Waals surface area contributed by atoms with E-state index < -0.39 is 5.72 Å². The zero-order valence-corrected chi connectivity index (χ0v) is 9.18. The van der Waals surface area contributed by atoms with Crippen molar-refractivity contribution in [3.63, 3.8) is 0 Å². The average Bonchev–Trinajstić information content (AvgIpc) is 2.05. The molecule has 0 spiro atoms. The van der Waals surface area contributed by atoms with Gasteiger partial charge < -0.3 is 10.8 Å². The van der Waals surface area contributed by atoms with E-state index in [1.165, 1.54) is 25.7 Å². The fourth-order valence-corrected chi connectivity index (χ4v) is 1.49. The molecule has 0 aliphatic heterocycles. The van der Waals surface area contributed by atoms with Crippen molar-refractivity contribution in [2.24, 2.45) is 5.73 Å². The maximum absolute atomic E-state index is 9.75. The van der Waals surface area contributed by atoms with Crippen LogP contribution in [-0.4, -0.2) is 10.8 Å². The molecule has 0 aromatic carbocycles. The molecule has 80 valence electrons. The summed E-state index contributed by atoms with van der Waals surface area (Å²) >= 11 is 0. The van der Waals surface area contributed by atoms with Gasteiger partial charge in [0.25, 0.3) is 0 Å². The fourth-order valence-electron chi connectivity index (χ4n) is 1.49. The third-order valence-electron chi connectivity index (χ3n) is 2.43. The molecule has 0 heterocycles. The fraction of sp³-hybridized carbons (Fsp3) is 1.00. The van der Waals surface area contributed by atoms with Crippen LogP contribution in [0.25, 0.3) is 0 Å². The van der Waals surface area contributed by atoms with E-state index in [1.807, 2.05) is 0 Å². The van der Waals surface area contributed by atoms with E-state index in [-0.39, 0.29) is 0 Å². The molecule has 0 saturated carbocycles. The first-order valence-corrected chi connectivity index (χ1v) is 5.63. The van der Waals surface area contributed by atoms with E-state index in [4.69, 9.17) is 5.73 Å². The summed E-state index contributed by atoms with van der Waals surface area (Å²) in [7, 11) is 0. The Hall–Kier alpha value is -0.0800.